The molecule has 0 saturated heterocycles. The van der Waals surface area contributed by atoms with E-state index in [1.165, 1.54) is 0 Å². The lowest BCUT2D eigenvalue weighted by Gasteiger charge is -2.32. The first kappa shape index (κ1) is 18.3. The van der Waals surface area contributed by atoms with Gasteiger partial charge in [0, 0.05) is 18.0 Å². The zero-order valence-electron chi connectivity index (χ0n) is 17.1. The number of hydrogen-bond acceptors (Lipinski definition) is 4. The Morgan fingerprint density at radius 3 is 2.57 bits per heavy atom. The normalized spacial score (nSPS) is 17.6. The largest absolute Gasteiger partial charge is 0.329 e. The summed E-state index contributed by atoms with van der Waals surface area (Å²) in [6.07, 6.45) is 8.30. The number of fused-ring (bicyclic) bond motifs is 1. The van der Waals surface area contributed by atoms with E-state index in [0.29, 0.717) is 5.82 Å². The molecular weight excluding hydrogens is 376 g/mol. The number of nitrogens with one attached hydrogen (secondary N) is 1. The molecule has 0 saturated carbocycles. The number of imidazole rings is 1. The summed E-state index contributed by atoms with van der Waals surface area (Å²) in [5.41, 5.74) is 4.50. The van der Waals surface area contributed by atoms with Crippen molar-refractivity contribution in [1.29, 1.82) is 0 Å². The number of hydrogen-bond donors (Lipinski definition) is 1. The topological polar surface area (TPSA) is 81.4 Å². The van der Waals surface area contributed by atoms with Crippen molar-refractivity contribution in [3.8, 4) is 22.5 Å². The number of allylic oxidation sites excluding steroid dienone is 4. The van der Waals surface area contributed by atoms with Gasteiger partial charge in [0.05, 0.1) is 17.1 Å². The summed E-state index contributed by atoms with van der Waals surface area (Å²) in [6, 6.07) is 14.0. The van der Waals surface area contributed by atoms with Gasteiger partial charge < -0.3 is 0 Å². The molecule has 1 atom stereocenters. The van der Waals surface area contributed by atoms with E-state index >= 15 is 0 Å². The maximum atomic E-state index is 13.2. The lowest BCUT2D eigenvalue weighted by Crippen LogP contribution is -2.33. The summed E-state index contributed by atoms with van der Waals surface area (Å²) < 4.78 is 3.61. The van der Waals surface area contributed by atoms with Crippen molar-refractivity contribution < 1.29 is 0 Å². The summed E-state index contributed by atoms with van der Waals surface area (Å²) in [5, 5.41) is 14.4. The maximum absolute atomic E-state index is 13.2. The van der Waals surface area contributed by atoms with E-state index < -0.39 is 0 Å². The van der Waals surface area contributed by atoms with E-state index in [4.69, 9.17) is 0 Å². The smallest absolute Gasteiger partial charge is 0.295 e. The van der Waals surface area contributed by atoms with Crippen LogP contribution in [0.25, 0.3) is 33.5 Å². The van der Waals surface area contributed by atoms with Crippen molar-refractivity contribution in [3.05, 3.63) is 77.3 Å². The van der Waals surface area contributed by atoms with Crippen LogP contribution >= 0.6 is 0 Å². The number of rotatable bonds is 3. The molecule has 5 rings (SSSR count). The number of nitrogens with zero attached hydrogens (tertiary/aromatic N) is 5. The van der Waals surface area contributed by atoms with Gasteiger partial charge in [0.1, 0.15) is 0 Å². The summed E-state index contributed by atoms with van der Waals surface area (Å²) in [5.74, 6) is 0.540. The fourth-order valence-electron chi connectivity index (χ4n) is 4.24. The molecule has 0 spiro atoms. The van der Waals surface area contributed by atoms with Crippen molar-refractivity contribution in [3.63, 3.8) is 0 Å². The van der Waals surface area contributed by atoms with Crippen LogP contribution in [-0.4, -0.2) is 29.8 Å². The highest BCUT2D eigenvalue weighted by atomic mass is 16.1. The molecule has 1 N–H and O–H groups in total. The minimum atomic E-state index is -0.156. The van der Waals surface area contributed by atoms with Crippen LogP contribution in [0.1, 0.15) is 19.9 Å². The molecular formula is C23H22N6O. The van der Waals surface area contributed by atoms with Crippen molar-refractivity contribution in [1.82, 2.24) is 29.8 Å². The quantitative estimate of drug-likeness (QED) is 0.568. The zero-order chi connectivity index (χ0) is 20.9. The Balaban J connectivity index is 1.70. The van der Waals surface area contributed by atoms with E-state index in [-0.39, 0.29) is 17.1 Å². The van der Waals surface area contributed by atoms with E-state index in [1.807, 2.05) is 60.2 Å². The minimum Gasteiger partial charge on any atom is -0.295 e. The lowest BCUT2D eigenvalue weighted by atomic mass is 9.81. The molecule has 150 valence electrons. The Morgan fingerprint density at radius 2 is 1.83 bits per heavy atom. The standard InChI is InChI=1S/C23H22N6O/c1-23(2)13-7-6-10-20(23)29-18-12-11-15(14-19(18)28(3)22(29)30)16-8-4-5-9-17(16)21-24-26-27-25-21/h4-14,20H,1-3H3,(H,24,25,26,27). The van der Waals surface area contributed by atoms with Crippen LogP contribution in [0.5, 0.6) is 0 Å². The highest BCUT2D eigenvalue weighted by Crippen LogP contribution is 2.38. The summed E-state index contributed by atoms with van der Waals surface area (Å²) in [4.78, 5) is 13.2. The SMILES string of the molecule is Cn1c(=O)n(C2C=CC=CC2(C)C)c2ccc(-c3ccccc3-c3nn[nH]n3)cc21. The first-order valence-corrected chi connectivity index (χ1v) is 9.87. The number of benzene rings is 2. The second-order valence-corrected chi connectivity index (χ2v) is 8.21. The van der Waals surface area contributed by atoms with Gasteiger partial charge in [0.2, 0.25) is 5.82 Å². The first-order valence-electron chi connectivity index (χ1n) is 9.87. The molecule has 0 amide bonds. The van der Waals surface area contributed by atoms with Crippen LogP contribution in [0.4, 0.5) is 0 Å². The number of aryl methyl sites for hydroxylation is 1. The highest BCUT2D eigenvalue weighted by molar-refractivity contribution is 5.87. The van der Waals surface area contributed by atoms with Gasteiger partial charge in [-0.2, -0.15) is 5.21 Å². The third-order valence-corrected chi connectivity index (χ3v) is 5.88. The molecule has 2 heterocycles. The van der Waals surface area contributed by atoms with Crippen LogP contribution in [0.2, 0.25) is 0 Å². The Bertz CT molecular complexity index is 1350. The summed E-state index contributed by atoms with van der Waals surface area (Å²) >= 11 is 0. The molecule has 2 aromatic carbocycles. The molecule has 30 heavy (non-hydrogen) atoms. The molecule has 7 heteroatoms. The fraction of sp³-hybridized carbons (Fsp3) is 0.217. The van der Waals surface area contributed by atoms with Gasteiger partial charge in [-0.3, -0.25) is 9.13 Å². The third kappa shape index (κ3) is 2.74. The van der Waals surface area contributed by atoms with E-state index in [2.05, 4.69) is 52.7 Å². The number of H-pyrrole nitrogens is 1. The number of aromatic nitrogens is 6. The van der Waals surface area contributed by atoms with Gasteiger partial charge >= 0.3 is 5.69 Å². The van der Waals surface area contributed by atoms with Crippen LogP contribution in [0, 0.1) is 5.41 Å². The van der Waals surface area contributed by atoms with Gasteiger partial charge in [0.15, 0.2) is 0 Å². The van der Waals surface area contributed by atoms with Crippen LogP contribution in [0.3, 0.4) is 0 Å². The molecule has 0 fully saturated rings. The average molecular weight is 398 g/mol. The lowest BCUT2D eigenvalue weighted by molar-refractivity contribution is 0.333. The van der Waals surface area contributed by atoms with Gasteiger partial charge in [-0.25, -0.2) is 4.79 Å². The number of tetrazole rings is 1. The molecule has 1 unspecified atom stereocenters. The summed E-state index contributed by atoms with van der Waals surface area (Å²) in [6.45, 7) is 4.30. The van der Waals surface area contributed by atoms with Gasteiger partial charge in [-0.15, -0.1) is 10.2 Å². The number of aromatic amines is 1. The first-order chi connectivity index (χ1) is 14.5. The fourth-order valence-corrected chi connectivity index (χ4v) is 4.24. The third-order valence-electron chi connectivity index (χ3n) is 5.88. The van der Waals surface area contributed by atoms with Crippen molar-refractivity contribution >= 4 is 11.0 Å². The van der Waals surface area contributed by atoms with Crippen molar-refractivity contribution in [2.45, 2.75) is 19.9 Å². The summed E-state index contributed by atoms with van der Waals surface area (Å²) in [7, 11) is 1.82. The Hall–Kier alpha value is -3.74. The van der Waals surface area contributed by atoms with Crippen LogP contribution in [-0.2, 0) is 7.05 Å². The molecule has 2 aromatic heterocycles. The second kappa shape index (κ2) is 6.66. The second-order valence-electron chi connectivity index (χ2n) is 8.21. The molecule has 0 radical (unpaired) electrons. The van der Waals surface area contributed by atoms with Crippen LogP contribution in [0.15, 0.2) is 71.6 Å². The average Bonchev–Trinajstić information content (AvgIpc) is 3.36. The Labute approximate surface area is 173 Å². The van der Waals surface area contributed by atoms with E-state index in [0.717, 1.165) is 27.7 Å². The predicted molar refractivity (Wildman–Crippen MR) is 117 cm³/mol. The maximum Gasteiger partial charge on any atom is 0.329 e. The van der Waals surface area contributed by atoms with Crippen molar-refractivity contribution in [2.24, 2.45) is 12.5 Å². The van der Waals surface area contributed by atoms with Gasteiger partial charge in [-0.1, -0.05) is 68.5 Å². The Kier molecular flexibility index (Phi) is 4.06. The molecule has 4 aromatic rings. The predicted octanol–water partition coefficient (Wildman–Crippen LogP) is 3.88. The molecule has 1 aliphatic carbocycles. The molecule has 0 bridgehead atoms. The minimum absolute atomic E-state index is 0.0216. The highest BCUT2D eigenvalue weighted by Gasteiger charge is 2.31. The molecule has 7 nitrogen and oxygen atoms in total. The van der Waals surface area contributed by atoms with Crippen LogP contribution < -0.4 is 5.69 Å². The molecule has 0 aliphatic heterocycles. The monoisotopic (exact) mass is 398 g/mol. The Morgan fingerprint density at radius 1 is 1.03 bits per heavy atom. The van der Waals surface area contributed by atoms with Crippen molar-refractivity contribution in [2.75, 3.05) is 0 Å². The van der Waals surface area contributed by atoms with E-state index in [9.17, 15) is 4.79 Å². The van der Waals surface area contributed by atoms with Gasteiger partial charge in [0.25, 0.3) is 0 Å². The zero-order valence-corrected chi connectivity index (χ0v) is 17.1. The van der Waals surface area contributed by atoms with E-state index in [1.54, 1.807) is 4.57 Å². The van der Waals surface area contributed by atoms with Gasteiger partial charge in [-0.05, 0) is 28.5 Å². The molecule has 1 aliphatic rings.